The lowest BCUT2D eigenvalue weighted by atomic mass is 10.2. The minimum Gasteiger partial charge on any atom is -0.307 e. The van der Waals surface area contributed by atoms with Crippen LogP contribution < -0.4 is 5.32 Å². The summed E-state index contributed by atoms with van der Waals surface area (Å²) in [5.74, 6) is 0.264. The van der Waals surface area contributed by atoms with Crippen molar-refractivity contribution >= 4 is 17.1 Å². The van der Waals surface area contributed by atoms with Gasteiger partial charge in [0.15, 0.2) is 0 Å². The molecule has 1 aromatic heterocycles. The molecule has 0 aliphatic carbocycles. The van der Waals surface area contributed by atoms with Crippen LogP contribution in [0.4, 0.5) is 0 Å². The molecule has 0 atom stereocenters. The van der Waals surface area contributed by atoms with Crippen molar-refractivity contribution in [2.45, 2.75) is 12.8 Å². The predicted molar refractivity (Wildman–Crippen MR) is 60.7 cm³/mol. The lowest BCUT2D eigenvalue weighted by Crippen LogP contribution is -2.22. The van der Waals surface area contributed by atoms with Crippen molar-refractivity contribution in [3.05, 3.63) is 35.0 Å². The van der Waals surface area contributed by atoms with Gasteiger partial charge in [-0.15, -0.1) is 17.9 Å². The molecule has 1 N–H and O–H groups in total. The molecular formula is C11H15NOS. The molecule has 0 amide bonds. The molecule has 0 spiro atoms. The second-order valence-electron chi connectivity index (χ2n) is 3.04. The Hall–Kier alpha value is -0.930. The van der Waals surface area contributed by atoms with Crippen LogP contribution in [0.1, 0.15) is 11.3 Å². The van der Waals surface area contributed by atoms with Gasteiger partial charge in [-0.1, -0.05) is 12.1 Å². The van der Waals surface area contributed by atoms with Crippen molar-refractivity contribution in [1.29, 1.82) is 0 Å². The van der Waals surface area contributed by atoms with E-state index >= 15 is 0 Å². The van der Waals surface area contributed by atoms with Crippen molar-refractivity contribution in [2.75, 3.05) is 13.1 Å². The Kier molecular flexibility index (Phi) is 5.19. The van der Waals surface area contributed by atoms with E-state index in [1.165, 1.54) is 4.88 Å². The van der Waals surface area contributed by atoms with Crippen LogP contribution in [0.2, 0.25) is 0 Å². The number of ketones is 1. The highest BCUT2D eigenvalue weighted by molar-refractivity contribution is 7.09. The topological polar surface area (TPSA) is 29.1 Å². The zero-order valence-electron chi connectivity index (χ0n) is 8.16. The smallest absolute Gasteiger partial charge is 0.146 e. The number of hydrogen-bond acceptors (Lipinski definition) is 3. The van der Waals surface area contributed by atoms with Gasteiger partial charge in [-0.3, -0.25) is 4.79 Å². The lowest BCUT2D eigenvalue weighted by Gasteiger charge is -2.00. The van der Waals surface area contributed by atoms with E-state index in [1.807, 2.05) is 11.4 Å². The van der Waals surface area contributed by atoms with Crippen molar-refractivity contribution in [1.82, 2.24) is 5.32 Å². The molecule has 0 aromatic carbocycles. The van der Waals surface area contributed by atoms with Gasteiger partial charge in [0.25, 0.3) is 0 Å². The van der Waals surface area contributed by atoms with E-state index in [0.717, 1.165) is 6.42 Å². The van der Waals surface area contributed by atoms with Gasteiger partial charge in [0.2, 0.25) is 0 Å². The van der Waals surface area contributed by atoms with Crippen LogP contribution in [0.25, 0.3) is 0 Å². The number of carbonyl (C=O) groups excluding carboxylic acids is 1. The molecule has 2 nitrogen and oxygen atoms in total. The van der Waals surface area contributed by atoms with Gasteiger partial charge >= 0.3 is 0 Å². The molecule has 1 rings (SSSR count). The minimum absolute atomic E-state index is 0.264. The third-order valence-corrected chi connectivity index (χ3v) is 2.78. The number of thiophene rings is 1. The Morgan fingerprint density at radius 3 is 3.14 bits per heavy atom. The number of Topliss-reactive ketones (excluding diaryl/α,β-unsaturated/α-hetero) is 1. The third-order valence-electron chi connectivity index (χ3n) is 1.84. The standard InChI is InChI=1S/C11H15NOS/c1-2-7-12-9-10(13)5-6-11-4-3-8-14-11/h2-4,8,12H,1,5-7,9H2. The SMILES string of the molecule is C=CCNCC(=O)CCc1cccs1. The molecule has 0 fully saturated rings. The summed E-state index contributed by atoms with van der Waals surface area (Å²) >= 11 is 1.70. The molecule has 76 valence electrons. The van der Waals surface area contributed by atoms with Crippen LogP contribution in [-0.2, 0) is 11.2 Å². The van der Waals surface area contributed by atoms with Crippen molar-refractivity contribution in [3.63, 3.8) is 0 Å². The summed E-state index contributed by atoms with van der Waals surface area (Å²) in [7, 11) is 0. The van der Waals surface area contributed by atoms with Crippen LogP contribution in [0.5, 0.6) is 0 Å². The molecule has 1 aromatic rings. The molecule has 0 bridgehead atoms. The van der Waals surface area contributed by atoms with Crippen molar-refractivity contribution in [2.24, 2.45) is 0 Å². The maximum absolute atomic E-state index is 11.3. The molecule has 0 aliphatic heterocycles. The summed E-state index contributed by atoms with van der Waals surface area (Å²) in [6.45, 7) is 4.73. The summed E-state index contributed by atoms with van der Waals surface area (Å²) in [4.78, 5) is 12.6. The first-order chi connectivity index (χ1) is 6.83. The number of aryl methyl sites for hydroxylation is 1. The molecule has 0 aliphatic rings. The summed E-state index contributed by atoms with van der Waals surface area (Å²) < 4.78 is 0. The molecular weight excluding hydrogens is 194 g/mol. The monoisotopic (exact) mass is 209 g/mol. The largest absolute Gasteiger partial charge is 0.307 e. The van der Waals surface area contributed by atoms with Gasteiger partial charge in [-0.2, -0.15) is 0 Å². The average molecular weight is 209 g/mol. The molecule has 14 heavy (non-hydrogen) atoms. The van der Waals surface area contributed by atoms with Crippen LogP contribution >= 0.6 is 11.3 Å². The molecule has 0 saturated heterocycles. The van der Waals surface area contributed by atoms with E-state index < -0.39 is 0 Å². The van der Waals surface area contributed by atoms with Gasteiger partial charge in [-0.25, -0.2) is 0 Å². The van der Waals surface area contributed by atoms with E-state index in [0.29, 0.717) is 19.5 Å². The molecule has 0 radical (unpaired) electrons. The zero-order chi connectivity index (χ0) is 10.2. The summed E-state index contributed by atoms with van der Waals surface area (Å²) in [6.07, 6.45) is 3.25. The number of carbonyl (C=O) groups is 1. The maximum Gasteiger partial charge on any atom is 0.146 e. The first kappa shape index (κ1) is 11.1. The first-order valence-corrected chi connectivity index (χ1v) is 5.56. The second kappa shape index (κ2) is 6.51. The third kappa shape index (κ3) is 4.35. The Morgan fingerprint density at radius 1 is 1.64 bits per heavy atom. The van der Waals surface area contributed by atoms with Crippen LogP contribution in [0.3, 0.4) is 0 Å². The fraction of sp³-hybridized carbons (Fsp3) is 0.364. The Balaban J connectivity index is 2.12. The second-order valence-corrected chi connectivity index (χ2v) is 4.07. The summed E-state index contributed by atoms with van der Waals surface area (Å²) in [5.41, 5.74) is 0. The Morgan fingerprint density at radius 2 is 2.50 bits per heavy atom. The van der Waals surface area contributed by atoms with Crippen molar-refractivity contribution < 1.29 is 4.79 Å². The number of hydrogen-bond donors (Lipinski definition) is 1. The fourth-order valence-electron chi connectivity index (χ4n) is 1.12. The van der Waals surface area contributed by atoms with Crippen LogP contribution in [-0.4, -0.2) is 18.9 Å². The molecule has 0 unspecified atom stereocenters. The molecule has 0 saturated carbocycles. The van der Waals surface area contributed by atoms with E-state index in [-0.39, 0.29) is 5.78 Å². The zero-order valence-corrected chi connectivity index (χ0v) is 8.98. The quantitative estimate of drug-likeness (QED) is 0.550. The Bertz CT molecular complexity index is 279. The van der Waals surface area contributed by atoms with E-state index in [2.05, 4.69) is 18.0 Å². The van der Waals surface area contributed by atoms with E-state index in [1.54, 1.807) is 17.4 Å². The van der Waals surface area contributed by atoms with Gasteiger partial charge in [0, 0.05) is 17.8 Å². The minimum atomic E-state index is 0.264. The van der Waals surface area contributed by atoms with E-state index in [9.17, 15) is 4.79 Å². The van der Waals surface area contributed by atoms with E-state index in [4.69, 9.17) is 0 Å². The average Bonchev–Trinajstić information content (AvgIpc) is 2.68. The van der Waals surface area contributed by atoms with Gasteiger partial charge < -0.3 is 5.32 Å². The highest BCUT2D eigenvalue weighted by atomic mass is 32.1. The number of rotatable bonds is 7. The van der Waals surface area contributed by atoms with Gasteiger partial charge in [0.05, 0.1) is 6.54 Å². The predicted octanol–water partition coefficient (Wildman–Crippen LogP) is 2.03. The highest BCUT2D eigenvalue weighted by Gasteiger charge is 2.01. The summed E-state index contributed by atoms with van der Waals surface area (Å²) in [6, 6.07) is 4.08. The maximum atomic E-state index is 11.3. The molecule has 3 heteroatoms. The van der Waals surface area contributed by atoms with Gasteiger partial charge in [0.1, 0.15) is 5.78 Å². The van der Waals surface area contributed by atoms with Crippen LogP contribution in [0, 0.1) is 0 Å². The number of nitrogens with one attached hydrogen (secondary N) is 1. The van der Waals surface area contributed by atoms with Gasteiger partial charge in [-0.05, 0) is 17.9 Å². The highest BCUT2D eigenvalue weighted by Crippen LogP contribution is 2.10. The van der Waals surface area contributed by atoms with Crippen LogP contribution in [0.15, 0.2) is 30.2 Å². The fourth-order valence-corrected chi connectivity index (χ4v) is 1.83. The normalized spacial score (nSPS) is 10.0. The molecule has 1 heterocycles. The summed E-state index contributed by atoms with van der Waals surface area (Å²) in [5, 5.41) is 5.04. The van der Waals surface area contributed by atoms with Crippen molar-refractivity contribution in [3.8, 4) is 0 Å². The lowest BCUT2D eigenvalue weighted by molar-refractivity contribution is -0.118. The Labute approximate surface area is 88.6 Å². The first-order valence-electron chi connectivity index (χ1n) is 4.68.